The number of hydrogen-bond donors (Lipinski definition) is 2. The lowest BCUT2D eigenvalue weighted by Gasteiger charge is -2.21. The van der Waals surface area contributed by atoms with Gasteiger partial charge in [-0.05, 0) is 24.1 Å². The molecule has 2 rings (SSSR count). The van der Waals surface area contributed by atoms with Crippen LogP contribution in [-0.4, -0.2) is 17.5 Å². The van der Waals surface area contributed by atoms with Crippen LogP contribution in [-0.2, 0) is 13.1 Å². The molecule has 0 spiro atoms. The Bertz CT molecular complexity index is 335. The van der Waals surface area contributed by atoms with Gasteiger partial charge in [-0.2, -0.15) is 0 Å². The van der Waals surface area contributed by atoms with Gasteiger partial charge in [0.2, 0.25) is 0 Å². The molecule has 0 aromatic heterocycles. The summed E-state index contributed by atoms with van der Waals surface area (Å²) in [6.45, 7) is 4.79. The number of nitrogen functional groups attached to an aromatic ring is 1. The molecule has 3 nitrogen and oxygen atoms in total. The van der Waals surface area contributed by atoms with Crippen molar-refractivity contribution in [2.45, 2.75) is 26.1 Å². The first-order chi connectivity index (χ1) is 6.72. The third-order valence-electron chi connectivity index (χ3n) is 3.01. The topological polar surface area (TPSA) is 55.3 Å². The molecule has 4 N–H and O–H groups in total. The van der Waals surface area contributed by atoms with E-state index in [2.05, 4.69) is 17.9 Å². The standard InChI is InChI=1S/C11H17N3/c1-8(5-12)14-6-9-3-2-4-11(13)10(9)7-14/h2-4,8H,5-7,12-13H2,1H3. The van der Waals surface area contributed by atoms with Gasteiger partial charge >= 0.3 is 0 Å². The highest BCUT2D eigenvalue weighted by Crippen LogP contribution is 2.28. The highest BCUT2D eigenvalue weighted by molar-refractivity contribution is 5.52. The highest BCUT2D eigenvalue weighted by atomic mass is 15.2. The van der Waals surface area contributed by atoms with Gasteiger partial charge in [0.1, 0.15) is 0 Å². The van der Waals surface area contributed by atoms with Crippen LogP contribution in [0.2, 0.25) is 0 Å². The van der Waals surface area contributed by atoms with Crippen LogP contribution in [0.3, 0.4) is 0 Å². The average Bonchev–Trinajstić information content (AvgIpc) is 2.62. The molecule has 1 aromatic carbocycles. The van der Waals surface area contributed by atoms with E-state index in [1.807, 2.05) is 12.1 Å². The zero-order chi connectivity index (χ0) is 10.1. The Morgan fingerprint density at radius 1 is 1.43 bits per heavy atom. The summed E-state index contributed by atoms with van der Waals surface area (Å²) in [5.74, 6) is 0. The molecule has 1 atom stereocenters. The normalized spacial score (nSPS) is 18.1. The van der Waals surface area contributed by atoms with Crippen molar-refractivity contribution in [3.05, 3.63) is 29.3 Å². The zero-order valence-corrected chi connectivity index (χ0v) is 8.53. The van der Waals surface area contributed by atoms with Crippen molar-refractivity contribution in [2.75, 3.05) is 12.3 Å². The fraction of sp³-hybridized carbons (Fsp3) is 0.455. The molecule has 76 valence electrons. The van der Waals surface area contributed by atoms with Crippen LogP contribution < -0.4 is 11.5 Å². The van der Waals surface area contributed by atoms with Gasteiger partial charge in [-0.25, -0.2) is 0 Å². The molecule has 1 heterocycles. The second-order valence-electron chi connectivity index (χ2n) is 3.97. The highest BCUT2D eigenvalue weighted by Gasteiger charge is 2.23. The van der Waals surface area contributed by atoms with Crippen LogP contribution in [0.1, 0.15) is 18.1 Å². The Morgan fingerprint density at radius 2 is 2.21 bits per heavy atom. The van der Waals surface area contributed by atoms with E-state index < -0.39 is 0 Å². The Hall–Kier alpha value is -1.06. The predicted molar refractivity (Wildman–Crippen MR) is 58.6 cm³/mol. The molecule has 1 aliphatic heterocycles. The number of anilines is 1. The molecule has 1 aromatic rings. The summed E-state index contributed by atoms with van der Waals surface area (Å²) < 4.78 is 0. The smallest absolute Gasteiger partial charge is 0.0363 e. The first-order valence-electron chi connectivity index (χ1n) is 5.02. The molecule has 0 amide bonds. The molecule has 0 aliphatic carbocycles. The molecule has 14 heavy (non-hydrogen) atoms. The maximum absolute atomic E-state index is 5.92. The fourth-order valence-electron chi connectivity index (χ4n) is 1.93. The minimum atomic E-state index is 0.432. The van der Waals surface area contributed by atoms with E-state index in [1.54, 1.807) is 0 Å². The number of benzene rings is 1. The van der Waals surface area contributed by atoms with Crippen LogP contribution in [0.15, 0.2) is 18.2 Å². The van der Waals surface area contributed by atoms with Crippen LogP contribution >= 0.6 is 0 Å². The van der Waals surface area contributed by atoms with E-state index in [4.69, 9.17) is 11.5 Å². The molecule has 0 saturated carbocycles. The molecule has 1 aliphatic rings. The van der Waals surface area contributed by atoms with Gasteiger partial charge in [0.25, 0.3) is 0 Å². The fourth-order valence-corrected chi connectivity index (χ4v) is 1.93. The Labute approximate surface area is 84.7 Å². The maximum Gasteiger partial charge on any atom is 0.0363 e. The van der Waals surface area contributed by atoms with Crippen LogP contribution in [0, 0.1) is 0 Å². The quantitative estimate of drug-likeness (QED) is 0.684. The number of rotatable bonds is 2. The lowest BCUT2D eigenvalue weighted by molar-refractivity contribution is 0.218. The molecular weight excluding hydrogens is 174 g/mol. The predicted octanol–water partition coefficient (Wildman–Crippen LogP) is 0.932. The van der Waals surface area contributed by atoms with Crippen LogP contribution in [0.5, 0.6) is 0 Å². The van der Waals surface area contributed by atoms with E-state index in [0.717, 1.165) is 18.8 Å². The lowest BCUT2D eigenvalue weighted by atomic mass is 10.1. The lowest BCUT2D eigenvalue weighted by Crippen LogP contribution is -2.34. The molecule has 0 saturated heterocycles. The van der Waals surface area contributed by atoms with Crippen molar-refractivity contribution < 1.29 is 0 Å². The number of fused-ring (bicyclic) bond motifs is 1. The second kappa shape index (κ2) is 3.59. The Balaban J connectivity index is 2.22. The average molecular weight is 191 g/mol. The summed E-state index contributed by atoms with van der Waals surface area (Å²) in [5, 5.41) is 0. The largest absolute Gasteiger partial charge is 0.398 e. The van der Waals surface area contributed by atoms with E-state index in [9.17, 15) is 0 Å². The van der Waals surface area contributed by atoms with Gasteiger partial charge in [-0.15, -0.1) is 0 Å². The molecule has 1 unspecified atom stereocenters. The summed E-state index contributed by atoms with van der Waals surface area (Å²) in [5.41, 5.74) is 15.1. The van der Waals surface area contributed by atoms with Gasteiger partial charge < -0.3 is 11.5 Å². The van der Waals surface area contributed by atoms with E-state index in [0.29, 0.717) is 12.6 Å². The monoisotopic (exact) mass is 191 g/mol. The van der Waals surface area contributed by atoms with Crippen molar-refractivity contribution >= 4 is 5.69 Å². The van der Waals surface area contributed by atoms with Gasteiger partial charge in [0.15, 0.2) is 0 Å². The van der Waals surface area contributed by atoms with Crippen molar-refractivity contribution in [3.8, 4) is 0 Å². The van der Waals surface area contributed by atoms with Gasteiger partial charge in [0, 0.05) is 31.4 Å². The van der Waals surface area contributed by atoms with E-state index in [1.165, 1.54) is 11.1 Å². The van der Waals surface area contributed by atoms with Gasteiger partial charge in [-0.3, -0.25) is 4.90 Å². The van der Waals surface area contributed by atoms with Crippen molar-refractivity contribution in [1.82, 2.24) is 4.90 Å². The Morgan fingerprint density at radius 3 is 2.86 bits per heavy atom. The molecule has 0 fully saturated rings. The summed E-state index contributed by atoms with van der Waals surface area (Å²) >= 11 is 0. The molecular formula is C11H17N3. The van der Waals surface area contributed by atoms with Crippen molar-refractivity contribution in [1.29, 1.82) is 0 Å². The number of hydrogen-bond acceptors (Lipinski definition) is 3. The maximum atomic E-state index is 5.92. The zero-order valence-electron chi connectivity index (χ0n) is 8.53. The summed E-state index contributed by atoms with van der Waals surface area (Å²) in [6, 6.07) is 6.57. The van der Waals surface area contributed by atoms with E-state index in [-0.39, 0.29) is 0 Å². The summed E-state index contributed by atoms with van der Waals surface area (Å²) in [4.78, 5) is 2.36. The molecule has 0 bridgehead atoms. The number of nitrogens with two attached hydrogens (primary N) is 2. The van der Waals surface area contributed by atoms with Gasteiger partial charge in [-0.1, -0.05) is 12.1 Å². The van der Waals surface area contributed by atoms with Crippen LogP contribution in [0.4, 0.5) is 5.69 Å². The second-order valence-corrected chi connectivity index (χ2v) is 3.97. The van der Waals surface area contributed by atoms with E-state index >= 15 is 0 Å². The van der Waals surface area contributed by atoms with Crippen LogP contribution in [0.25, 0.3) is 0 Å². The van der Waals surface area contributed by atoms with Crippen molar-refractivity contribution in [3.63, 3.8) is 0 Å². The summed E-state index contributed by atoms with van der Waals surface area (Å²) in [6.07, 6.45) is 0. The van der Waals surface area contributed by atoms with Crippen molar-refractivity contribution in [2.24, 2.45) is 5.73 Å². The minimum absolute atomic E-state index is 0.432. The van der Waals surface area contributed by atoms with Gasteiger partial charge in [0.05, 0.1) is 0 Å². The third-order valence-corrected chi connectivity index (χ3v) is 3.01. The number of nitrogens with zero attached hydrogens (tertiary/aromatic N) is 1. The molecule has 3 heteroatoms. The molecule has 0 radical (unpaired) electrons. The Kier molecular flexibility index (Phi) is 2.44. The SMILES string of the molecule is CC(CN)N1Cc2cccc(N)c2C1. The minimum Gasteiger partial charge on any atom is -0.398 e. The summed E-state index contributed by atoms with van der Waals surface area (Å²) in [7, 11) is 0. The first kappa shape index (κ1) is 9.49. The third kappa shape index (κ3) is 1.49. The first-order valence-corrected chi connectivity index (χ1v) is 5.02.